The maximum absolute atomic E-state index is 6.18. The molecule has 0 bridgehead atoms. The maximum Gasteiger partial charge on any atom is 0.135 e. The molecule has 0 N–H and O–H groups in total. The molecule has 226 valence electrons. The molecule has 0 unspecified atom stereocenters. The minimum Gasteiger partial charge on any atom is -0.456 e. The molecule has 0 aliphatic carbocycles. The van der Waals surface area contributed by atoms with E-state index in [4.69, 9.17) is 4.42 Å². The Kier molecular flexibility index (Phi) is 6.84. The number of nitrogens with zero attached hydrogens (tertiary/aromatic N) is 1. The third kappa shape index (κ3) is 4.92. The monoisotopic (exact) mass is 613 g/mol. The molecule has 8 aromatic carbocycles. The second-order valence-electron chi connectivity index (χ2n) is 12.2. The van der Waals surface area contributed by atoms with E-state index in [9.17, 15) is 0 Å². The van der Waals surface area contributed by atoms with E-state index in [1.165, 1.54) is 33.0 Å². The first-order valence-electron chi connectivity index (χ1n) is 16.3. The molecule has 0 aliphatic rings. The second kappa shape index (κ2) is 11.8. The number of rotatable bonds is 6. The summed E-state index contributed by atoms with van der Waals surface area (Å²) in [4.78, 5) is 2.38. The molecule has 2 nitrogen and oxygen atoms in total. The van der Waals surface area contributed by atoms with E-state index in [0.29, 0.717) is 0 Å². The smallest absolute Gasteiger partial charge is 0.135 e. The average molecular weight is 614 g/mol. The zero-order valence-electron chi connectivity index (χ0n) is 26.3. The Bertz CT molecular complexity index is 2560. The third-order valence-electron chi connectivity index (χ3n) is 9.27. The summed E-state index contributed by atoms with van der Waals surface area (Å²) in [5.74, 6) is 0. The van der Waals surface area contributed by atoms with Crippen molar-refractivity contribution in [3.05, 3.63) is 188 Å². The molecule has 0 fully saturated rings. The molecule has 0 atom stereocenters. The van der Waals surface area contributed by atoms with Crippen LogP contribution >= 0.6 is 0 Å². The fourth-order valence-corrected chi connectivity index (χ4v) is 6.96. The Morgan fingerprint density at radius 2 is 0.979 bits per heavy atom. The van der Waals surface area contributed by atoms with Gasteiger partial charge in [0.1, 0.15) is 11.2 Å². The number of hydrogen-bond donors (Lipinski definition) is 0. The van der Waals surface area contributed by atoms with Gasteiger partial charge in [0.25, 0.3) is 0 Å². The SMILES string of the molecule is c1ccc(-c2cccc(N(c3ccc(-c4cccc5ccccc45)cc3)c3ccccc3-c3ccc4oc5ccccc5c4c3)c2)cc1. The van der Waals surface area contributed by atoms with Crippen molar-refractivity contribution in [3.63, 3.8) is 0 Å². The van der Waals surface area contributed by atoms with Gasteiger partial charge in [-0.25, -0.2) is 0 Å². The molecule has 1 heterocycles. The molecule has 48 heavy (non-hydrogen) atoms. The van der Waals surface area contributed by atoms with Crippen LogP contribution in [0.1, 0.15) is 0 Å². The van der Waals surface area contributed by atoms with Gasteiger partial charge in [0.05, 0.1) is 5.69 Å². The van der Waals surface area contributed by atoms with E-state index in [-0.39, 0.29) is 0 Å². The van der Waals surface area contributed by atoms with Crippen LogP contribution < -0.4 is 4.90 Å². The minimum absolute atomic E-state index is 0.897. The average Bonchev–Trinajstić information content (AvgIpc) is 3.54. The van der Waals surface area contributed by atoms with Crippen molar-refractivity contribution < 1.29 is 4.42 Å². The topological polar surface area (TPSA) is 16.4 Å². The number of anilines is 3. The minimum atomic E-state index is 0.897. The Hall–Kier alpha value is -6.38. The lowest BCUT2D eigenvalue weighted by Crippen LogP contribution is -2.11. The summed E-state index contributed by atoms with van der Waals surface area (Å²) < 4.78 is 6.18. The zero-order chi connectivity index (χ0) is 31.9. The Morgan fingerprint density at radius 3 is 1.88 bits per heavy atom. The van der Waals surface area contributed by atoms with Crippen molar-refractivity contribution in [2.75, 3.05) is 4.90 Å². The summed E-state index contributed by atoms with van der Waals surface area (Å²) in [6.45, 7) is 0. The van der Waals surface area contributed by atoms with E-state index < -0.39 is 0 Å². The van der Waals surface area contributed by atoms with Gasteiger partial charge in [-0.2, -0.15) is 0 Å². The molecule has 0 saturated heterocycles. The van der Waals surface area contributed by atoms with Crippen molar-refractivity contribution in [2.45, 2.75) is 0 Å². The summed E-state index contributed by atoms with van der Waals surface area (Å²) in [6.07, 6.45) is 0. The standard InChI is InChI=1S/C46H31NO/c1-2-12-32(13-3-1)35-16-10-17-38(30-35)47(37-27-24-34(25-28-37)40-21-11-15-33-14-4-5-18-39(33)40)44-22-8-6-19-41(44)36-26-29-46-43(31-36)42-20-7-9-23-45(42)48-46/h1-31H. The van der Waals surface area contributed by atoms with Crippen LogP contribution in [-0.2, 0) is 0 Å². The van der Waals surface area contributed by atoms with Crippen LogP contribution in [0, 0.1) is 0 Å². The van der Waals surface area contributed by atoms with Crippen molar-refractivity contribution in [2.24, 2.45) is 0 Å². The fraction of sp³-hybridized carbons (Fsp3) is 0. The first kappa shape index (κ1) is 27.9. The molecular weight excluding hydrogens is 583 g/mol. The maximum atomic E-state index is 6.18. The van der Waals surface area contributed by atoms with Crippen molar-refractivity contribution in [1.29, 1.82) is 0 Å². The first-order valence-corrected chi connectivity index (χ1v) is 16.3. The summed E-state index contributed by atoms with van der Waals surface area (Å²) in [7, 11) is 0. The van der Waals surface area contributed by atoms with Gasteiger partial charge < -0.3 is 9.32 Å². The fourth-order valence-electron chi connectivity index (χ4n) is 6.96. The van der Waals surface area contributed by atoms with E-state index in [0.717, 1.165) is 50.1 Å². The molecule has 9 rings (SSSR count). The number of para-hydroxylation sites is 2. The third-order valence-corrected chi connectivity index (χ3v) is 9.27. The molecule has 1 aromatic heterocycles. The van der Waals surface area contributed by atoms with Gasteiger partial charge in [0.15, 0.2) is 0 Å². The van der Waals surface area contributed by atoms with Gasteiger partial charge in [-0.1, -0.05) is 140 Å². The number of fused-ring (bicyclic) bond motifs is 4. The molecule has 9 aromatic rings. The molecule has 0 radical (unpaired) electrons. The number of benzene rings is 8. The van der Waals surface area contributed by atoms with Crippen LogP contribution in [0.5, 0.6) is 0 Å². The normalized spacial score (nSPS) is 11.3. The van der Waals surface area contributed by atoms with E-state index >= 15 is 0 Å². The van der Waals surface area contributed by atoms with Crippen LogP contribution in [0.3, 0.4) is 0 Å². The van der Waals surface area contributed by atoms with Crippen LogP contribution in [0.25, 0.3) is 66.1 Å². The molecule has 0 aliphatic heterocycles. The summed E-state index contributed by atoms with van der Waals surface area (Å²) >= 11 is 0. The van der Waals surface area contributed by atoms with Gasteiger partial charge in [0.2, 0.25) is 0 Å². The van der Waals surface area contributed by atoms with Gasteiger partial charge in [-0.05, 0) is 87.1 Å². The predicted octanol–water partition coefficient (Wildman–Crippen LogP) is 13.2. The highest BCUT2D eigenvalue weighted by Crippen LogP contribution is 2.43. The van der Waals surface area contributed by atoms with E-state index in [2.05, 4.69) is 181 Å². The summed E-state index contributed by atoms with van der Waals surface area (Å²) in [6, 6.07) is 67.0. The van der Waals surface area contributed by atoms with Crippen LogP contribution in [-0.4, -0.2) is 0 Å². The molecule has 0 amide bonds. The predicted molar refractivity (Wildman–Crippen MR) is 202 cm³/mol. The highest BCUT2D eigenvalue weighted by atomic mass is 16.3. The van der Waals surface area contributed by atoms with Crippen LogP contribution in [0.2, 0.25) is 0 Å². The number of hydrogen-bond acceptors (Lipinski definition) is 2. The Balaban J connectivity index is 1.22. The lowest BCUT2D eigenvalue weighted by molar-refractivity contribution is 0.669. The quantitative estimate of drug-likeness (QED) is 0.185. The second-order valence-corrected chi connectivity index (χ2v) is 12.2. The molecule has 0 saturated carbocycles. The molecule has 2 heteroatoms. The van der Waals surface area contributed by atoms with Crippen molar-refractivity contribution in [3.8, 4) is 33.4 Å². The summed E-state index contributed by atoms with van der Waals surface area (Å²) in [5, 5.41) is 4.75. The van der Waals surface area contributed by atoms with Gasteiger partial charge in [-0.15, -0.1) is 0 Å². The Labute approximate surface area is 279 Å². The van der Waals surface area contributed by atoms with Gasteiger partial charge in [0, 0.05) is 27.7 Å². The zero-order valence-corrected chi connectivity index (χ0v) is 26.3. The summed E-state index contributed by atoms with van der Waals surface area (Å²) in [5.41, 5.74) is 12.2. The molecular formula is C46H31NO. The lowest BCUT2D eigenvalue weighted by atomic mass is 9.97. The lowest BCUT2D eigenvalue weighted by Gasteiger charge is -2.28. The van der Waals surface area contributed by atoms with Gasteiger partial charge in [-0.3, -0.25) is 0 Å². The number of furan rings is 1. The van der Waals surface area contributed by atoms with Crippen LogP contribution in [0.15, 0.2) is 192 Å². The highest BCUT2D eigenvalue weighted by molar-refractivity contribution is 6.07. The van der Waals surface area contributed by atoms with E-state index in [1.54, 1.807) is 0 Å². The highest BCUT2D eigenvalue weighted by Gasteiger charge is 2.19. The van der Waals surface area contributed by atoms with Crippen molar-refractivity contribution >= 4 is 49.8 Å². The molecule has 0 spiro atoms. The van der Waals surface area contributed by atoms with E-state index in [1.807, 2.05) is 12.1 Å². The largest absolute Gasteiger partial charge is 0.456 e. The first-order chi connectivity index (χ1) is 23.8. The van der Waals surface area contributed by atoms with Gasteiger partial charge >= 0.3 is 0 Å². The van der Waals surface area contributed by atoms with Crippen molar-refractivity contribution in [1.82, 2.24) is 0 Å². The Morgan fingerprint density at radius 1 is 0.333 bits per heavy atom. The van der Waals surface area contributed by atoms with Crippen LogP contribution in [0.4, 0.5) is 17.1 Å².